The molecule has 0 fully saturated rings. The van der Waals surface area contributed by atoms with Crippen molar-refractivity contribution in [2.24, 2.45) is 10.9 Å². The van der Waals surface area contributed by atoms with Gasteiger partial charge in [0.25, 0.3) is 10.1 Å². The van der Waals surface area contributed by atoms with Crippen molar-refractivity contribution in [2.75, 3.05) is 45.5 Å². The molecule has 9 rings (SSSR count). The Bertz CT molecular complexity index is 3880. The minimum absolute atomic E-state index is 0. The van der Waals surface area contributed by atoms with Gasteiger partial charge in [-0.3, -0.25) is 14.9 Å². The number of nitrogens with two attached hydrogens (primary N) is 2. The molecule has 2 aliphatic heterocycles. The largest absolute Gasteiger partial charge is 1.00 e. The van der Waals surface area contributed by atoms with Crippen molar-refractivity contribution >= 4 is 82.6 Å². The number of allylic oxidation sites excluding steroid dienone is 1. The first kappa shape index (κ1) is 71.3. The van der Waals surface area contributed by atoms with Crippen LogP contribution in [0.5, 0.6) is 0 Å². The molecule has 0 amide bonds. The molecule has 0 aliphatic carbocycles. The van der Waals surface area contributed by atoms with E-state index in [0.717, 1.165) is 53.4 Å². The van der Waals surface area contributed by atoms with Gasteiger partial charge in [0, 0.05) is 36.1 Å². The van der Waals surface area contributed by atoms with Crippen LogP contribution in [0.3, 0.4) is 0 Å². The first-order valence-electron chi connectivity index (χ1n) is 25.8. The zero-order valence-electron chi connectivity index (χ0n) is 47.2. The molecule has 0 saturated heterocycles. The molecule has 2 aromatic heterocycles. The van der Waals surface area contributed by atoms with Crippen LogP contribution in [0.15, 0.2) is 152 Å². The summed E-state index contributed by atoms with van der Waals surface area (Å²) >= 11 is 18.4. The molecule has 454 valence electrons. The van der Waals surface area contributed by atoms with Crippen LogP contribution in [0.1, 0.15) is 62.2 Å². The number of nitrogens with zero attached hydrogens (tertiary/aromatic N) is 6. The number of anilines is 1. The Morgan fingerprint density at radius 1 is 0.884 bits per heavy atom. The molecule has 0 spiro atoms. The van der Waals surface area contributed by atoms with E-state index in [9.17, 15) is 39.9 Å². The zero-order valence-corrected chi connectivity index (χ0v) is 55.0. The van der Waals surface area contributed by atoms with Crippen LogP contribution < -0.4 is 82.7 Å². The predicted octanol–water partition coefficient (Wildman–Crippen LogP) is 3.75. The van der Waals surface area contributed by atoms with Crippen molar-refractivity contribution in [1.29, 1.82) is 0 Å². The van der Waals surface area contributed by atoms with E-state index in [0.29, 0.717) is 63.9 Å². The number of halogens is 3. The number of imidazole rings is 1. The molecule has 0 bridgehead atoms. The smallest absolute Gasteiger partial charge is 0.466 e. The minimum Gasteiger partial charge on any atom is -0.466 e. The molecule has 4 heterocycles. The summed E-state index contributed by atoms with van der Waals surface area (Å²) in [6.45, 7) is 7.05. The van der Waals surface area contributed by atoms with Gasteiger partial charge in [0.05, 0.1) is 84.3 Å². The van der Waals surface area contributed by atoms with Crippen molar-refractivity contribution in [3.63, 3.8) is 0 Å². The van der Waals surface area contributed by atoms with Crippen LogP contribution in [-0.2, 0) is 73.5 Å². The van der Waals surface area contributed by atoms with Gasteiger partial charge in [-0.15, -0.1) is 0 Å². The maximum atomic E-state index is 12.9. The van der Waals surface area contributed by atoms with Gasteiger partial charge in [0.1, 0.15) is 15.6 Å². The third kappa shape index (κ3) is 18.8. The average molecular weight is 1330 g/mol. The Morgan fingerprint density at radius 3 is 2.13 bits per heavy atom. The van der Waals surface area contributed by atoms with E-state index in [1.807, 2.05) is 28.8 Å². The molecule has 31 heteroatoms. The van der Waals surface area contributed by atoms with E-state index < -0.39 is 52.9 Å². The number of ether oxygens (including phenoxy) is 3. The fourth-order valence-corrected chi connectivity index (χ4v) is 11.9. The van der Waals surface area contributed by atoms with Crippen LogP contribution in [0, 0.1) is 0 Å². The van der Waals surface area contributed by atoms with Gasteiger partial charge in [-0.2, -0.15) is 18.4 Å². The number of hydrogen-bond donors (Lipinski definition) is 7. The number of tetrazole rings is 1. The van der Waals surface area contributed by atoms with Crippen molar-refractivity contribution < 1.29 is 110 Å². The molecule has 7 aromatic rings. The Hall–Kier alpha value is -5.48. The van der Waals surface area contributed by atoms with Crippen LogP contribution in [-0.4, -0.2) is 112 Å². The molecular weight excluding hydrogens is 1260 g/mol. The molecule has 5 aromatic carbocycles. The summed E-state index contributed by atoms with van der Waals surface area (Å²) in [5.74, 6) is -0.443. The van der Waals surface area contributed by atoms with Gasteiger partial charge in [0.2, 0.25) is 20.0 Å². The number of carbonyl (C=O) groups excluding carboxylic acids is 2. The summed E-state index contributed by atoms with van der Waals surface area (Å²) in [5.41, 5.74) is 12.7. The Balaban J connectivity index is 0.000000222. The fraction of sp³-hybridized carbons (Fsp3) is 0.273. The maximum absolute atomic E-state index is 12.9. The number of sulfonamides is 2. The molecule has 1 unspecified atom stereocenters. The second-order valence-electron chi connectivity index (χ2n) is 18.2. The Kier molecular flexibility index (Phi) is 27.5. The molecule has 2 aliphatic rings. The van der Waals surface area contributed by atoms with Crippen molar-refractivity contribution in [2.45, 2.75) is 73.8 Å². The summed E-state index contributed by atoms with van der Waals surface area (Å²) in [6.07, 6.45) is 2.94. The summed E-state index contributed by atoms with van der Waals surface area (Å²) in [4.78, 5) is 29.2. The number of rotatable bonds is 18. The van der Waals surface area contributed by atoms with E-state index in [1.165, 1.54) is 25.3 Å². The van der Waals surface area contributed by atoms with Gasteiger partial charge in [-0.25, -0.2) is 36.5 Å². The number of aromatic nitrogens is 6. The fourth-order valence-electron chi connectivity index (χ4n) is 8.65. The average Bonchev–Trinajstić information content (AvgIpc) is 2.28. The number of aliphatic hydroxyl groups excluding tert-OH is 1. The molecule has 0 radical (unpaired) electrons. The molecule has 24 nitrogen and oxygen atoms in total. The Labute approximate surface area is 555 Å². The van der Waals surface area contributed by atoms with Crippen LogP contribution in [0.25, 0.3) is 22.5 Å². The first-order chi connectivity index (χ1) is 40.5. The number of aryl methyl sites for hydroxylation is 1. The third-order valence-electron chi connectivity index (χ3n) is 12.6. The normalized spacial score (nSPS) is 14.2. The molecule has 86 heavy (non-hydrogen) atoms. The van der Waals surface area contributed by atoms with Gasteiger partial charge in [-0.05, 0) is 78.4 Å². The number of primary sulfonamides is 1. The third-order valence-corrected chi connectivity index (χ3v) is 16.9. The molecule has 1 atom stereocenters. The van der Waals surface area contributed by atoms with Crippen LogP contribution >= 0.6 is 34.8 Å². The van der Waals surface area contributed by atoms with Crippen molar-refractivity contribution in [3.8, 4) is 22.5 Å². The van der Waals surface area contributed by atoms with Gasteiger partial charge < -0.3 is 45.4 Å². The predicted molar refractivity (Wildman–Crippen MR) is 318 cm³/mol. The van der Waals surface area contributed by atoms with E-state index >= 15 is 0 Å². The monoisotopic (exact) mass is 1320 g/mol. The number of esters is 2. The van der Waals surface area contributed by atoms with Gasteiger partial charge >= 0.3 is 63.3 Å². The number of dihydropyridines is 1. The number of aliphatic hydroxyl groups is 1. The topological polar surface area (TPSA) is 363 Å². The standard InChI is InChI=1S/C22H22ClN6O.C20H25ClN2O5.C7H8ClN3O4S2.C6H6O3S.K/c1-2-3-8-20-24-21(23)19(14-30)29(20)13-15-9-11-16(12-10-15)17-6-4-5-7-18(17)22-25-27-28-26-22;1-4-28-20(25)18-15(11-27-10-9-22)23-12(2)16(19(24)26-3)17(18)13-7-5-6-8-14(13)21;8-4-1-5-7(2-6(4)16(9,12)13)17(14,15)11-3-10-5;7-10(8,9)6-4-2-1-3-5-6;/h4-7,9-12,30H,2-3,8,13-14H2,1H3;5-8,17,23H,4,9-11,22H2,1-3H3;1-2,10-11H,3H2,(H2,9,12,13);1-5H,(H,7,8,9);/q-1;;;;+1. The van der Waals surface area contributed by atoms with Crippen molar-refractivity contribution in [1.82, 2.24) is 40.2 Å². The number of nitrogens with one attached hydrogen (secondary N) is 3. The number of fused-ring (bicyclic) bond motifs is 1. The summed E-state index contributed by atoms with van der Waals surface area (Å²) < 4.78 is 94.9. The van der Waals surface area contributed by atoms with E-state index in [1.54, 1.807) is 56.3 Å². The quantitative estimate of drug-likeness (QED) is 0.0278. The first-order valence-corrected chi connectivity index (χ1v) is 31.4. The van der Waals surface area contributed by atoms with Crippen LogP contribution in [0.2, 0.25) is 15.2 Å². The van der Waals surface area contributed by atoms with Crippen molar-refractivity contribution in [3.05, 3.63) is 176 Å². The number of methoxy groups -OCH3 is 1. The zero-order chi connectivity index (χ0) is 62.1. The van der Waals surface area contributed by atoms with Crippen LogP contribution in [0.4, 0.5) is 5.69 Å². The summed E-state index contributed by atoms with van der Waals surface area (Å²) in [6, 6.07) is 32.8. The number of unbranched alkanes of at least 4 members (excludes halogenated alkanes) is 1. The number of hydrogen-bond acceptors (Lipinski definition) is 19. The molecule has 0 saturated carbocycles. The van der Waals surface area contributed by atoms with E-state index in [4.69, 9.17) is 64.4 Å². The second-order valence-corrected chi connectivity index (χ2v) is 24.1. The van der Waals surface area contributed by atoms with E-state index in [-0.39, 0.29) is 104 Å². The minimum atomic E-state index is -4.07. The SMILES string of the molecule is CCCCc1nc(Cl)c(CO)n1Cc1ccc(-c2ccccc2-c2nnn[n-]2)cc1.CCOC(=O)C1=C(COCCN)NC(C)=C(C(=O)OC)C1c1ccccc1Cl.NS(=O)(=O)c1cc2c(cc1Cl)NCNS2(=O)=O.O=S(=O)(O)c1ccccc1.[K+]. The summed E-state index contributed by atoms with van der Waals surface area (Å²) in [7, 11) is -10.5. The second kappa shape index (κ2) is 33.2. The molecule has 9 N–H and O–H groups in total. The van der Waals surface area contributed by atoms with E-state index in [2.05, 4.69) is 72.2 Å². The summed E-state index contributed by atoms with van der Waals surface area (Å²) in [5, 5.41) is 36.3. The van der Waals surface area contributed by atoms with Gasteiger partial charge in [-0.1, -0.05) is 133 Å². The van der Waals surface area contributed by atoms with Gasteiger partial charge in [0.15, 0.2) is 5.15 Å². The number of carbonyl (C=O) groups is 2. The Morgan fingerprint density at radius 2 is 1.55 bits per heavy atom. The maximum Gasteiger partial charge on any atom is 1.00 e. The number of benzene rings is 5. The molecular formula is C55H61Cl3KN11O13S3.